The van der Waals surface area contributed by atoms with Gasteiger partial charge in [0.05, 0.1) is 5.02 Å². The SMILES string of the molecule is NCC1(c2ccc(F)c(Cl)c2)CCC(F)(F)CC1. The normalized spacial score (nSPS) is 21.8. The van der Waals surface area contributed by atoms with Crippen LogP contribution in [0.25, 0.3) is 0 Å². The highest BCUT2D eigenvalue weighted by Crippen LogP contribution is 2.45. The summed E-state index contributed by atoms with van der Waals surface area (Å²) < 4.78 is 39.6. The number of hydrogen-bond donors (Lipinski definition) is 1. The minimum atomic E-state index is -2.61. The lowest BCUT2D eigenvalue weighted by Crippen LogP contribution is -2.42. The summed E-state index contributed by atoms with van der Waals surface area (Å²) in [5, 5.41) is 0.0117. The molecule has 2 rings (SSSR count). The van der Waals surface area contributed by atoms with Gasteiger partial charge in [0.25, 0.3) is 0 Å². The third kappa shape index (κ3) is 2.50. The van der Waals surface area contributed by atoms with Crippen molar-refractivity contribution in [3.8, 4) is 0 Å². The maximum atomic E-state index is 13.2. The molecule has 1 nitrogen and oxygen atoms in total. The summed E-state index contributed by atoms with van der Waals surface area (Å²) in [5.41, 5.74) is 6.02. The largest absolute Gasteiger partial charge is 0.330 e. The van der Waals surface area contributed by atoms with Gasteiger partial charge in [0, 0.05) is 24.8 Å². The molecule has 100 valence electrons. The molecule has 0 aromatic heterocycles. The summed E-state index contributed by atoms with van der Waals surface area (Å²) in [6, 6.07) is 4.37. The number of hydrogen-bond acceptors (Lipinski definition) is 1. The van der Waals surface area contributed by atoms with E-state index in [-0.39, 0.29) is 24.4 Å². The van der Waals surface area contributed by atoms with Crippen molar-refractivity contribution in [2.24, 2.45) is 5.73 Å². The van der Waals surface area contributed by atoms with Gasteiger partial charge < -0.3 is 5.73 Å². The van der Waals surface area contributed by atoms with E-state index in [9.17, 15) is 13.2 Å². The summed E-state index contributed by atoms with van der Waals surface area (Å²) in [5.74, 6) is -3.11. The molecule has 0 aliphatic heterocycles. The van der Waals surface area contributed by atoms with Crippen LogP contribution >= 0.6 is 11.6 Å². The zero-order valence-corrected chi connectivity index (χ0v) is 10.6. The van der Waals surface area contributed by atoms with Crippen molar-refractivity contribution in [1.29, 1.82) is 0 Å². The van der Waals surface area contributed by atoms with Gasteiger partial charge in [0.2, 0.25) is 5.92 Å². The minimum Gasteiger partial charge on any atom is -0.330 e. The van der Waals surface area contributed by atoms with Crippen molar-refractivity contribution in [2.45, 2.75) is 37.0 Å². The van der Waals surface area contributed by atoms with E-state index in [1.54, 1.807) is 6.07 Å². The maximum Gasteiger partial charge on any atom is 0.248 e. The molecule has 0 heterocycles. The third-order valence-corrected chi connectivity index (χ3v) is 4.15. The lowest BCUT2D eigenvalue weighted by atomic mass is 9.68. The molecule has 1 aromatic carbocycles. The number of nitrogens with two attached hydrogens (primary N) is 1. The highest BCUT2D eigenvalue weighted by atomic mass is 35.5. The quantitative estimate of drug-likeness (QED) is 0.872. The van der Waals surface area contributed by atoms with Crippen LogP contribution in [0, 0.1) is 5.82 Å². The third-order valence-electron chi connectivity index (χ3n) is 3.86. The van der Waals surface area contributed by atoms with Gasteiger partial charge in [-0.25, -0.2) is 13.2 Å². The van der Waals surface area contributed by atoms with Crippen molar-refractivity contribution in [1.82, 2.24) is 0 Å². The molecule has 0 saturated heterocycles. The standard InChI is InChI=1S/C13H15ClF3N/c14-10-7-9(1-2-11(10)15)12(8-18)3-5-13(16,17)6-4-12/h1-2,7H,3-6,8,18H2. The topological polar surface area (TPSA) is 26.0 Å². The Bertz CT molecular complexity index is 438. The molecule has 1 aromatic rings. The molecule has 0 unspecified atom stereocenters. The first-order valence-corrected chi connectivity index (χ1v) is 6.30. The van der Waals surface area contributed by atoms with Gasteiger partial charge in [-0.1, -0.05) is 17.7 Å². The van der Waals surface area contributed by atoms with E-state index in [4.69, 9.17) is 17.3 Å². The van der Waals surface area contributed by atoms with Gasteiger partial charge in [-0.2, -0.15) is 0 Å². The second-order valence-electron chi connectivity index (χ2n) is 4.97. The van der Waals surface area contributed by atoms with Gasteiger partial charge in [0.15, 0.2) is 0 Å². The Morgan fingerprint density at radius 2 is 1.78 bits per heavy atom. The molecule has 0 atom stereocenters. The predicted molar refractivity (Wildman–Crippen MR) is 65.6 cm³/mol. The average molecular weight is 278 g/mol. The number of halogens is 4. The Morgan fingerprint density at radius 3 is 2.28 bits per heavy atom. The zero-order valence-electron chi connectivity index (χ0n) is 9.86. The Labute approximate surface area is 109 Å². The number of benzene rings is 1. The van der Waals surface area contributed by atoms with Crippen LogP contribution in [0.1, 0.15) is 31.2 Å². The summed E-state index contributed by atoms with van der Waals surface area (Å²) in [4.78, 5) is 0. The summed E-state index contributed by atoms with van der Waals surface area (Å²) >= 11 is 5.74. The van der Waals surface area contributed by atoms with Crippen LogP contribution in [0.5, 0.6) is 0 Å². The van der Waals surface area contributed by atoms with Gasteiger partial charge in [-0.3, -0.25) is 0 Å². The second kappa shape index (κ2) is 4.74. The molecular weight excluding hydrogens is 263 g/mol. The summed E-state index contributed by atoms with van der Waals surface area (Å²) in [6.07, 6.45) is 0.245. The summed E-state index contributed by atoms with van der Waals surface area (Å²) in [7, 11) is 0. The number of rotatable bonds is 2. The fraction of sp³-hybridized carbons (Fsp3) is 0.538. The monoisotopic (exact) mass is 277 g/mol. The van der Waals surface area contributed by atoms with Gasteiger partial charge in [-0.05, 0) is 30.5 Å². The van der Waals surface area contributed by atoms with E-state index in [1.165, 1.54) is 12.1 Å². The molecule has 1 aliphatic rings. The molecule has 1 aliphatic carbocycles. The van der Waals surface area contributed by atoms with Crippen molar-refractivity contribution in [3.05, 3.63) is 34.6 Å². The average Bonchev–Trinajstić information content (AvgIpc) is 2.34. The maximum absolute atomic E-state index is 13.2. The smallest absolute Gasteiger partial charge is 0.248 e. The highest BCUT2D eigenvalue weighted by molar-refractivity contribution is 6.30. The fourth-order valence-corrected chi connectivity index (χ4v) is 2.71. The second-order valence-corrected chi connectivity index (χ2v) is 5.38. The van der Waals surface area contributed by atoms with E-state index in [1.807, 2.05) is 0 Å². The van der Waals surface area contributed by atoms with Crippen LogP contribution < -0.4 is 5.73 Å². The summed E-state index contributed by atoms with van der Waals surface area (Å²) in [6.45, 7) is 0.269. The van der Waals surface area contributed by atoms with E-state index in [0.29, 0.717) is 12.8 Å². The van der Waals surface area contributed by atoms with E-state index in [0.717, 1.165) is 5.56 Å². The van der Waals surface area contributed by atoms with Crippen molar-refractivity contribution in [3.63, 3.8) is 0 Å². The van der Waals surface area contributed by atoms with Crippen molar-refractivity contribution < 1.29 is 13.2 Å². The lowest BCUT2D eigenvalue weighted by Gasteiger charge is -2.39. The first-order valence-electron chi connectivity index (χ1n) is 5.92. The molecular formula is C13H15ClF3N. The lowest BCUT2D eigenvalue weighted by molar-refractivity contribution is -0.0509. The Balaban J connectivity index is 2.30. The zero-order chi connectivity index (χ0) is 13.4. The van der Waals surface area contributed by atoms with E-state index < -0.39 is 17.2 Å². The molecule has 0 radical (unpaired) electrons. The first-order chi connectivity index (χ1) is 8.38. The van der Waals surface area contributed by atoms with Gasteiger partial charge in [0.1, 0.15) is 5.82 Å². The van der Waals surface area contributed by atoms with Gasteiger partial charge >= 0.3 is 0 Å². The Kier molecular flexibility index (Phi) is 3.60. The first kappa shape index (κ1) is 13.7. The van der Waals surface area contributed by atoms with Crippen LogP contribution in [0.3, 0.4) is 0 Å². The van der Waals surface area contributed by atoms with Crippen LogP contribution in [0.4, 0.5) is 13.2 Å². The molecule has 18 heavy (non-hydrogen) atoms. The fourth-order valence-electron chi connectivity index (χ4n) is 2.53. The van der Waals surface area contributed by atoms with Gasteiger partial charge in [-0.15, -0.1) is 0 Å². The number of alkyl halides is 2. The van der Waals surface area contributed by atoms with Crippen LogP contribution in [-0.2, 0) is 5.41 Å². The van der Waals surface area contributed by atoms with Crippen molar-refractivity contribution in [2.75, 3.05) is 6.54 Å². The van der Waals surface area contributed by atoms with E-state index >= 15 is 0 Å². The van der Waals surface area contributed by atoms with Crippen LogP contribution in [-0.4, -0.2) is 12.5 Å². The molecule has 1 saturated carbocycles. The Morgan fingerprint density at radius 1 is 1.17 bits per heavy atom. The molecule has 0 amide bonds. The molecule has 1 fully saturated rings. The highest BCUT2D eigenvalue weighted by Gasteiger charge is 2.43. The molecule has 0 spiro atoms. The molecule has 2 N–H and O–H groups in total. The van der Waals surface area contributed by atoms with Crippen LogP contribution in [0.15, 0.2) is 18.2 Å². The predicted octanol–water partition coefficient (Wildman–Crippen LogP) is 3.88. The van der Waals surface area contributed by atoms with E-state index in [2.05, 4.69) is 0 Å². The van der Waals surface area contributed by atoms with Crippen molar-refractivity contribution >= 4 is 11.6 Å². The van der Waals surface area contributed by atoms with Crippen LogP contribution in [0.2, 0.25) is 5.02 Å². The Hall–Kier alpha value is -0.740. The minimum absolute atomic E-state index is 0.0117. The molecule has 0 bridgehead atoms. The molecule has 5 heteroatoms.